The minimum Gasteiger partial charge on any atom is -0.352 e. The van der Waals surface area contributed by atoms with Gasteiger partial charge in [-0.05, 0) is 45.4 Å². The SMILES string of the molecule is Cc1noc(C2CC3(CCN(C(=O)C(C)C)CC3)CN2CC(=O)N(C)CC(=O)NC(C)C)n1. The van der Waals surface area contributed by atoms with E-state index < -0.39 is 0 Å². The van der Waals surface area contributed by atoms with Crippen LogP contribution in [0.4, 0.5) is 0 Å². The summed E-state index contributed by atoms with van der Waals surface area (Å²) >= 11 is 0. The van der Waals surface area contributed by atoms with Crippen molar-refractivity contribution in [3.8, 4) is 0 Å². The molecule has 1 unspecified atom stereocenters. The molecule has 0 saturated carbocycles. The lowest BCUT2D eigenvalue weighted by atomic mass is 9.76. The van der Waals surface area contributed by atoms with Gasteiger partial charge in [0.2, 0.25) is 23.6 Å². The number of aryl methyl sites for hydroxylation is 1. The highest BCUT2D eigenvalue weighted by molar-refractivity contribution is 5.85. The van der Waals surface area contributed by atoms with Gasteiger partial charge in [0.1, 0.15) is 0 Å². The van der Waals surface area contributed by atoms with Crippen molar-refractivity contribution >= 4 is 17.7 Å². The molecule has 2 saturated heterocycles. The molecule has 2 aliphatic heterocycles. The molecule has 33 heavy (non-hydrogen) atoms. The molecule has 1 aromatic rings. The third-order valence-corrected chi connectivity index (χ3v) is 6.66. The van der Waals surface area contributed by atoms with E-state index >= 15 is 0 Å². The van der Waals surface area contributed by atoms with E-state index in [9.17, 15) is 14.4 Å². The van der Waals surface area contributed by atoms with Gasteiger partial charge in [-0.1, -0.05) is 19.0 Å². The second-order valence-electron chi connectivity index (χ2n) is 10.3. The molecule has 2 fully saturated rings. The van der Waals surface area contributed by atoms with Crippen molar-refractivity contribution in [2.24, 2.45) is 11.3 Å². The molecule has 1 spiro atoms. The summed E-state index contributed by atoms with van der Waals surface area (Å²) in [5.74, 6) is 0.981. The standard InChI is InChI=1S/C23H38N6O4/c1-15(2)22(32)28-9-7-23(8-10-28)11-18(21-25-17(5)26-33-21)29(14-23)13-20(31)27(6)12-19(30)24-16(3)4/h15-16,18H,7-14H2,1-6H3,(H,24,30). The van der Waals surface area contributed by atoms with Crippen molar-refractivity contribution in [2.75, 3.05) is 39.8 Å². The third kappa shape index (κ3) is 6.10. The smallest absolute Gasteiger partial charge is 0.244 e. The fourth-order valence-electron chi connectivity index (χ4n) is 4.90. The van der Waals surface area contributed by atoms with Gasteiger partial charge < -0.3 is 19.6 Å². The van der Waals surface area contributed by atoms with Crippen LogP contribution in [0.3, 0.4) is 0 Å². The van der Waals surface area contributed by atoms with Gasteiger partial charge in [0.15, 0.2) is 5.82 Å². The Bertz CT molecular complexity index is 859. The maximum Gasteiger partial charge on any atom is 0.244 e. The number of rotatable bonds is 7. The average molecular weight is 463 g/mol. The Labute approximate surface area is 196 Å². The molecule has 1 aromatic heterocycles. The minimum absolute atomic E-state index is 0.00528. The lowest BCUT2D eigenvalue weighted by Gasteiger charge is -2.40. The van der Waals surface area contributed by atoms with Gasteiger partial charge in [0.05, 0.1) is 19.1 Å². The maximum atomic E-state index is 13.0. The van der Waals surface area contributed by atoms with Crippen molar-refractivity contribution in [2.45, 2.75) is 66.0 Å². The zero-order chi connectivity index (χ0) is 24.3. The molecule has 2 aliphatic rings. The number of aromatic nitrogens is 2. The summed E-state index contributed by atoms with van der Waals surface area (Å²) in [7, 11) is 1.65. The summed E-state index contributed by atoms with van der Waals surface area (Å²) in [6, 6.07) is -0.126. The molecule has 1 atom stereocenters. The van der Waals surface area contributed by atoms with Gasteiger partial charge in [-0.2, -0.15) is 4.98 Å². The Morgan fingerprint density at radius 2 is 1.88 bits per heavy atom. The first-order valence-corrected chi connectivity index (χ1v) is 11.9. The van der Waals surface area contributed by atoms with Crippen molar-refractivity contribution in [1.82, 2.24) is 30.2 Å². The zero-order valence-corrected chi connectivity index (χ0v) is 20.8. The van der Waals surface area contributed by atoms with Crippen LogP contribution in [0.2, 0.25) is 0 Å². The van der Waals surface area contributed by atoms with Gasteiger partial charge in [-0.3, -0.25) is 19.3 Å². The van der Waals surface area contributed by atoms with E-state index in [1.807, 2.05) is 32.6 Å². The third-order valence-electron chi connectivity index (χ3n) is 6.66. The molecule has 3 amide bonds. The van der Waals surface area contributed by atoms with Gasteiger partial charge in [0, 0.05) is 38.6 Å². The fourth-order valence-corrected chi connectivity index (χ4v) is 4.90. The van der Waals surface area contributed by atoms with E-state index in [-0.39, 0.29) is 54.2 Å². The molecule has 0 aliphatic carbocycles. The van der Waals surface area contributed by atoms with Crippen LogP contribution in [0.1, 0.15) is 64.7 Å². The highest BCUT2D eigenvalue weighted by Crippen LogP contribution is 2.48. The number of nitrogens with one attached hydrogen (secondary N) is 1. The first kappa shape index (κ1) is 25.1. The summed E-state index contributed by atoms with van der Waals surface area (Å²) < 4.78 is 5.50. The Kier molecular flexibility index (Phi) is 7.76. The van der Waals surface area contributed by atoms with Crippen molar-refractivity contribution < 1.29 is 18.9 Å². The Morgan fingerprint density at radius 3 is 2.42 bits per heavy atom. The van der Waals surface area contributed by atoms with Crippen LogP contribution in [0.25, 0.3) is 0 Å². The predicted octanol–water partition coefficient (Wildman–Crippen LogP) is 1.37. The minimum atomic E-state index is -0.176. The van der Waals surface area contributed by atoms with E-state index in [2.05, 4.69) is 20.4 Å². The molecular formula is C23H38N6O4. The summed E-state index contributed by atoms with van der Waals surface area (Å²) in [5.41, 5.74) is -0.00529. The number of piperidine rings is 1. The van der Waals surface area contributed by atoms with Crippen molar-refractivity contribution in [1.29, 1.82) is 0 Å². The average Bonchev–Trinajstić information content (AvgIpc) is 3.31. The van der Waals surface area contributed by atoms with Gasteiger partial charge in [0.25, 0.3) is 0 Å². The molecule has 1 N–H and O–H groups in total. The van der Waals surface area contributed by atoms with Crippen LogP contribution >= 0.6 is 0 Å². The first-order chi connectivity index (χ1) is 15.5. The molecule has 3 rings (SSSR count). The van der Waals surface area contributed by atoms with Gasteiger partial charge >= 0.3 is 0 Å². The van der Waals surface area contributed by atoms with E-state index in [1.54, 1.807) is 14.0 Å². The molecule has 3 heterocycles. The summed E-state index contributed by atoms with van der Waals surface area (Å²) in [5, 5.41) is 6.77. The van der Waals surface area contributed by atoms with E-state index in [4.69, 9.17) is 4.52 Å². The van der Waals surface area contributed by atoms with Crippen LogP contribution < -0.4 is 5.32 Å². The summed E-state index contributed by atoms with van der Waals surface area (Å²) in [6.45, 7) is 11.8. The van der Waals surface area contributed by atoms with E-state index in [0.717, 1.165) is 38.9 Å². The van der Waals surface area contributed by atoms with E-state index in [0.29, 0.717) is 11.7 Å². The number of carbonyl (C=O) groups is 3. The molecule has 10 nitrogen and oxygen atoms in total. The van der Waals surface area contributed by atoms with Gasteiger partial charge in [-0.25, -0.2) is 0 Å². The summed E-state index contributed by atoms with van der Waals surface area (Å²) in [4.78, 5) is 47.5. The topological polar surface area (TPSA) is 112 Å². The molecule has 0 radical (unpaired) electrons. The number of nitrogens with zero attached hydrogens (tertiary/aromatic N) is 5. The van der Waals surface area contributed by atoms with Crippen LogP contribution in [0.5, 0.6) is 0 Å². The van der Waals surface area contributed by atoms with E-state index in [1.165, 1.54) is 4.90 Å². The highest BCUT2D eigenvalue weighted by Gasteiger charge is 2.48. The number of likely N-dealkylation sites (N-methyl/N-ethyl adjacent to an activating group) is 1. The summed E-state index contributed by atoms with van der Waals surface area (Å²) in [6.07, 6.45) is 2.57. The number of amides is 3. The fraction of sp³-hybridized carbons (Fsp3) is 0.783. The maximum absolute atomic E-state index is 13.0. The largest absolute Gasteiger partial charge is 0.352 e. The van der Waals surface area contributed by atoms with Crippen LogP contribution in [-0.2, 0) is 14.4 Å². The quantitative estimate of drug-likeness (QED) is 0.651. The molecule has 0 aromatic carbocycles. The normalized spacial score (nSPS) is 20.6. The van der Waals surface area contributed by atoms with Crippen LogP contribution in [0.15, 0.2) is 4.52 Å². The van der Waals surface area contributed by atoms with Crippen molar-refractivity contribution in [3.05, 3.63) is 11.7 Å². The Balaban J connectivity index is 1.69. The lowest BCUT2D eigenvalue weighted by molar-refractivity contribution is -0.136. The number of carbonyl (C=O) groups excluding carboxylic acids is 3. The monoisotopic (exact) mass is 462 g/mol. The lowest BCUT2D eigenvalue weighted by Crippen LogP contribution is -2.47. The second kappa shape index (κ2) is 10.2. The molecular weight excluding hydrogens is 424 g/mol. The predicted molar refractivity (Wildman–Crippen MR) is 122 cm³/mol. The second-order valence-corrected chi connectivity index (χ2v) is 10.3. The number of hydrogen-bond donors (Lipinski definition) is 1. The molecule has 184 valence electrons. The van der Waals surface area contributed by atoms with Crippen LogP contribution in [0, 0.1) is 18.3 Å². The van der Waals surface area contributed by atoms with Crippen LogP contribution in [-0.4, -0.2) is 88.4 Å². The molecule has 10 heteroatoms. The van der Waals surface area contributed by atoms with Gasteiger partial charge in [-0.15, -0.1) is 0 Å². The Hall–Kier alpha value is -2.49. The van der Waals surface area contributed by atoms with Crippen molar-refractivity contribution in [3.63, 3.8) is 0 Å². The first-order valence-electron chi connectivity index (χ1n) is 11.9. The number of likely N-dealkylation sites (tertiary alicyclic amines) is 2. The Morgan fingerprint density at radius 1 is 1.21 bits per heavy atom. The molecule has 0 bridgehead atoms. The number of hydrogen-bond acceptors (Lipinski definition) is 7. The highest BCUT2D eigenvalue weighted by atomic mass is 16.5. The zero-order valence-electron chi connectivity index (χ0n) is 20.8.